The van der Waals surface area contributed by atoms with Gasteiger partial charge in [0.15, 0.2) is 0 Å². The van der Waals surface area contributed by atoms with E-state index in [4.69, 9.17) is 6.42 Å². The Kier molecular flexibility index (Phi) is 4.93. The number of halogens is 6. The van der Waals surface area contributed by atoms with Gasteiger partial charge in [-0.3, -0.25) is 14.6 Å². The summed E-state index contributed by atoms with van der Waals surface area (Å²) in [6.07, 6.45) is -4.62. The molecule has 1 aromatic heterocycles. The van der Waals surface area contributed by atoms with Gasteiger partial charge in [0.25, 0.3) is 11.6 Å². The Morgan fingerprint density at radius 3 is 2.19 bits per heavy atom. The van der Waals surface area contributed by atoms with E-state index in [9.17, 15) is 35.9 Å². The van der Waals surface area contributed by atoms with Gasteiger partial charge in [-0.2, -0.15) is 26.3 Å². The van der Waals surface area contributed by atoms with E-state index in [0.29, 0.717) is 0 Å². The number of hydrogen-bond acceptors (Lipinski definition) is 4. The van der Waals surface area contributed by atoms with Crippen LogP contribution in [-0.2, 0) is 0 Å². The van der Waals surface area contributed by atoms with Crippen LogP contribution in [0, 0.1) is 12.3 Å². The van der Waals surface area contributed by atoms with Crippen molar-refractivity contribution in [1.29, 1.82) is 0 Å². The summed E-state index contributed by atoms with van der Waals surface area (Å²) in [5.74, 6) is -2.75. The number of nitrogens with zero attached hydrogens (tertiary/aromatic N) is 1. The Labute approximate surface area is 142 Å². The Morgan fingerprint density at radius 2 is 1.65 bits per heavy atom. The van der Waals surface area contributed by atoms with Gasteiger partial charge in [-0.05, 0) is 12.1 Å². The SMILES string of the molecule is C#CCNc1c(C(=O)C(F)(F)F)cc(C(=O)C(F)(F)F)c2cccnc12. The summed E-state index contributed by atoms with van der Waals surface area (Å²) >= 11 is 0. The van der Waals surface area contributed by atoms with E-state index in [1.54, 1.807) is 0 Å². The molecule has 1 N–H and O–H groups in total. The van der Waals surface area contributed by atoms with Gasteiger partial charge >= 0.3 is 12.4 Å². The van der Waals surface area contributed by atoms with E-state index in [1.807, 2.05) is 0 Å². The number of hydrogen-bond donors (Lipinski definition) is 1. The quantitative estimate of drug-likeness (QED) is 0.503. The number of benzene rings is 1. The lowest BCUT2D eigenvalue weighted by atomic mass is 9.96. The number of aromatic nitrogens is 1. The van der Waals surface area contributed by atoms with Crippen molar-refractivity contribution in [3.63, 3.8) is 0 Å². The number of carbonyl (C=O) groups excluding carboxylic acids is 2. The van der Waals surface area contributed by atoms with Crippen LogP contribution in [0.3, 0.4) is 0 Å². The number of fused-ring (bicyclic) bond motifs is 1. The summed E-state index contributed by atoms with van der Waals surface area (Å²) < 4.78 is 77.0. The Morgan fingerprint density at radius 1 is 1.08 bits per heavy atom. The standard InChI is InChI=1S/C16H8F6N2O2/c1-2-5-23-12-10(14(26)16(20,21)22)7-9(13(25)15(17,18)19)8-4-3-6-24-11(8)12/h1,3-4,6-7,23H,5H2. The highest BCUT2D eigenvalue weighted by Gasteiger charge is 2.44. The van der Waals surface area contributed by atoms with Crippen molar-refractivity contribution >= 4 is 28.2 Å². The predicted molar refractivity (Wildman–Crippen MR) is 79.8 cm³/mol. The number of nitrogens with one attached hydrogen (secondary N) is 1. The number of Topliss-reactive ketones (excluding diaryl/α,β-unsaturated/α-hetero) is 2. The highest BCUT2D eigenvalue weighted by molar-refractivity contribution is 6.18. The molecule has 1 heterocycles. The van der Waals surface area contributed by atoms with Crippen molar-refractivity contribution in [2.75, 3.05) is 11.9 Å². The molecule has 0 saturated carbocycles. The number of rotatable bonds is 4. The second-order valence-electron chi connectivity index (χ2n) is 4.96. The van der Waals surface area contributed by atoms with Crippen LogP contribution in [-0.4, -0.2) is 35.4 Å². The van der Waals surface area contributed by atoms with E-state index in [0.717, 1.165) is 12.3 Å². The van der Waals surface area contributed by atoms with Crippen molar-refractivity contribution in [3.8, 4) is 12.3 Å². The van der Waals surface area contributed by atoms with Crippen molar-refractivity contribution in [3.05, 3.63) is 35.5 Å². The molecule has 0 aliphatic heterocycles. The first kappa shape index (κ1) is 19.2. The molecule has 1 aromatic carbocycles. The molecule has 0 radical (unpaired) electrons. The predicted octanol–water partition coefficient (Wildman–Crippen LogP) is 3.77. The van der Waals surface area contributed by atoms with Crippen LogP contribution >= 0.6 is 0 Å². The van der Waals surface area contributed by atoms with Gasteiger partial charge in [0.05, 0.1) is 23.3 Å². The average molecular weight is 374 g/mol. The molecular weight excluding hydrogens is 366 g/mol. The second kappa shape index (κ2) is 6.67. The minimum atomic E-state index is -5.38. The van der Waals surface area contributed by atoms with Crippen LogP contribution in [0.15, 0.2) is 24.4 Å². The lowest BCUT2D eigenvalue weighted by molar-refractivity contribution is -0.0886. The van der Waals surface area contributed by atoms with Crippen LogP contribution in [0.4, 0.5) is 32.0 Å². The number of ketones is 2. The summed E-state index contributed by atoms with van der Waals surface area (Å²) in [6.45, 7) is -0.323. The monoisotopic (exact) mass is 374 g/mol. The maximum atomic E-state index is 12.9. The minimum absolute atomic E-state index is 0.258. The topological polar surface area (TPSA) is 59.1 Å². The molecule has 0 aliphatic rings. The number of terminal acetylenes is 1. The van der Waals surface area contributed by atoms with Crippen molar-refractivity contribution in [1.82, 2.24) is 4.98 Å². The zero-order chi connectivity index (χ0) is 19.7. The van der Waals surface area contributed by atoms with E-state index in [1.165, 1.54) is 6.07 Å². The molecule has 0 spiro atoms. The largest absolute Gasteiger partial charge is 0.454 e. The van der Waals surface area contributed by atoms with E-state index in [-0.39, 0.29) is 18.0 Å². The van der Waals surface area contributed by atoms with Crippen LogP contribution in [0.5, 0.6) is 0 Å². The Hall–Kier alpha value is -3.09. The fourth-order valence-corrected chi connectivity index (χ4v) is 2.23. The van der Waals surface area contributed by atoms with Crippen LogP contribution < -0.4 is 5.32 Å². The molecule has 0 bridgehead atoms. The number of alkyl halides is 6. The van der Waals surface area contributed by atoms with Crippen LogP contribution in [0.1, 0.15) is 20.7 Å². The third-order valence-corrected chi connectivity index (χ3v) is 3.26. The van der Waals surface area contributed by atoms with Gasteiger partial charge in [0.2, 0.25) is 0 Å². The molecular formula is C16H8F6N2O2. The first-order valence-electron chi connectivity index (χ1n) is 6.80. The van der Waals surface area contributed by atoms with Gasteiger partial charge < -0.3 is 5.32 Å². The van der Waals surface area contributed by atoms with E-state index < -0.39 is 46.3 Å². The summed E-state index contributed by atoms with van der Waals surface area (Å²) in [5.41, 5.74) is -3.20. The van der Waals surface area contributed by atoms with Gasteiger partial charge in [0, 0.05) is 17.1 Å². The van der Waals surface area contributed by atoms with Gasteiger partial charge in [-0.1, -0.05) is 12.0 Å². The van der Waals surface area contributed by atoms with Crippen molar-refractivity contribution in [2.45, 2.75) is 12.4 Å². The Balaban J connectivity index is 2.89. The normalized spacial score (nSPS) is 11.9. The van der Waals surface area contributed by atoms with E-state index in [2.05, 4.69) is 16.2 Å². The number of carbonyl (C=O) groups is 2. The summed E-state index contributed by atoms with van der Waals surface area (Å²) in [7, 11) is 0. The molecule has 10 heteroatoms. The molecule has 0 amide bonds. The fourth-order valence-electron chi connectivity index (χ4n) is 2.23. The summed E-state index contributed by atoms with van der Waals surface area (Å²) in [6, 6.07) is 2.53. The molecule has 0 saturated heterocycles. The summed E-state index contributed by atoms with van der Waals surface area (Å²) in [5, 5.41) is 1.98. The average Bonchev–Trinajstić information content (AvgIpc) is 2.56. The minimum Gasteiger partial charge on any atom is -0.372 e. The zero-order valence-electron chi connectivity index (χ0n) is 12.6. The van der Waals surface area contributed by atoms with Gasteiger partial charge in [-0.25, -0.2) is 0 Å². The molecule has 2 aromatic rings. The summed E-state index contributed by atoms with van der Waals surface area (Å²) in [4.78, 5) is 27.0. The van der Waals surface area contributed by atoms with Crippen LogP contribution in [0.2, 0.25) is 0 Å². The third kappa shape index (κ3) is 3.61. The van der Waals surface area contributed by atoms with Crippen molar-refractivity contribution in [2.24, 2.45) is 0 Å². The molecule has 0 atom stereocenters. The fraction of sp³-hybridized carbons (Fsp3) is 0.188. The van der Waals surface area contributed by atoms with Gasteiger partial charge in [-0.15, -0.1) is 6.42 Å². The molecule has 0 fully saturated rings. The second-order valence-corrected chi connectivity index (χ2v) is 4.96. The number of pyridine rings is 1. The molecule has 0 aliphatic carbocycles. The van der Waals surface area contributed by atoms with E-state index >= 15 is 0 Å². The number of anilines is 1. The van der Waals surface area contributed by atoms with Crippen molar-refractivity contribution < 1.29 is 35.9 Å². The highest BCUT2D eigenvalue weighted by Crippen LogP contribution is 2.35. The lowest BCUT2D eigenvalue weighted by Gasteiger charge is -2.17. The highest BCUT2D eigenvalue weighted by atomic mass is 19.4. The Bertz CT molecular complexity index is 925. The lowest BCUT2D eigenvalue weighted by Crippen LogP contribution is -2.27. The third-order valence-electron chi connectivity index (χ3n) is 3.26. The molecule has 2 rings (SSSR count). The molecule has 4 nitrogen and oxygen atoms in total. The molecule has 0 unspecified atom stereocenters. The molecule has 26 heavy (non-hydrogen) atoms. The van der Waals surface area contributed by atoms with Crippen LogP contribution in [0.25, 0.3) is 10.9 Å². The maximum Gasteiger partial charge on any atom is 0.454 e. The van der Waals surface area contributed by atoms with Gasteiger partial charge in [0.1, 0.15) is 0 Å². The molecule has 136 valence electrons. The zero-order valence-corrected chi connectivity index (χ0v) is 12.6. The first-order chi connectivity index (χ1) is 12.0. The smallest absolute Gasteiger partial charge is 0.372 e. The maximum absolute atomic E-state index is 12.9. The first-order valence-corrected chi connectivity index (χ1v) is 6.80.